The van der Waals surface area contributed by atoms with Crippen LogP contribution in [-0.2, 0) is 0 Å². The number of halogens is 1. The first-order valence-electron chi connectivity index (χ1n) is 4.58. The van der Waals surface area contributed by atoms with Crippen LogP contribution in [0.1, 0.15) is 17.5 Å². The monoisotopic (exact) mass is 283 g/mol. The molecular formula is C10H10BrN3O2. The molecule has 0 amide bonds. The minimum Gasteiger partial charge on any atom is -0.480 e. The largest absolute Gasteiger partial charge is 0.480 e. The van der Waals surface area contributed by atoms with Gasteiger partial charge in [-0.05, 0) is 28.1 Å². The molecule has 0 radical (unpaired) electrons. The van der Waals surface area contributed by atoms with Gasteiger partial charge in [0.2, 0.25) is 5.88 Å². The average Bonchev–Trinajstić information content (AvgIpc) is 2.75. The lowest BCUT2D eigenvalue weighted by Gasteiger charge is -2.10. The Morgan fingerprint density at radius 1 is 1.38 bits per heavy atom. The summed E-state index contributed by atoms with van der Waals surface area (Å²) in [7, 11) is 1.53. The molecule has 2 aromatic rings. The van der Waals surface area contributed by atoms with Crippen molar-refractivity contribution in [2.45, 2.75) is 6.04 Å². The van der Waals surface area contributed by atoms with Crippen molar-refractivity contribution in [1.82, 2.24) is 9.97 Å². The van der Waals surface area contributed by atoms with Crippen LogP contribution in [-0.4, -0.2) is 17.1 Å². The molecule has 0 aliphatic rings. The van der Waals surface area contributed by atoms with Crippen LogP contribution >= 0.6 is 15.9 Å². The first-order chi connectivity index (χ1) is 7.72. The number of hydrogen-bond acceptors (Lipinski definition) is 5. The first-order valence-corrected chi connectivity index (χ1v) is 5.37. The Balaban J connectivity index is 2.36. The molecular weight excluding hydrogens is 274 g/mol. The zero-order valence-corrected chi connectivity index (χ0v) is 10.1. The Bertz CT molecular complexity index is 486. The van der Waals surface area contributed by atoms with Gasteiger partial charge in [0.15, 0.2) is 4.67 Å². The number of ether oxygens (including phenoxy) is 1. The smallest absolute Gasteiger partial charge is 0.237 e. The van der Waals surface area contributed by atoms with Crippen LogP contribution in [0, 0.1) is 0 Å². The summed E-state index contributed by atoms with van der Waals surface area (Å²) >= 11 is 3.22. The Labute approximate surface area is 101 Å². The van der Waals surface area contributed by atoms with Crippen molar-refractivity contribution < 1.29 is 9.15 Å². The van der Waals surface area contributed by atoms with Gasteiger partial charge >= 0.3 is 0 Å². The maximum Gasteiger partial charge on any atom is 0.237 e. The summed E-state index contributed by atoms with van der Waals surface area (Å²) in [5, 5.41) is 0. The molecule has 84 valence electrons. The fourth-order valence-corrected chi connectivity index (χ4v) is 1.66. The summed E-state index contributed by atoms with van der Waals surface area (Å²) in [6.45, 7) is 0. The quantitative estimate of drug-likeness (QED) is 0.931. The fourth-order valence-electron chi connectivity index (χ4n) is 1.34. The second-order valence-corrected chi connectivity index (χ2v) is 3.85. The first kappa shape index (κ1) is 11.1. The number of rotatable bonds is 3. The standard InChI is InChI=1S/C10H10BrN3O2/c1-15-10-9(13-4-5-14-10)8(12)6-2-3-7(11)16-6/h2-5,8H,12H2,1H3. The zero-order chi connectivity index (χ0) is 11.5. The van der Waals surface area contributed by atoms with Gasteiger partial charge in [0, 0.05) is 12.4 Å². The molecule has 0 saturated heterocycles. The lowest BCUT2D eigenvalue weighted by molar-refractivity contribution is 0.381. The Hall–Kier alpha value is -1.40. The number of aromatic nitrogens is 2. The van der Waals surface area contributed by atoms with E-state index in [1.54, 1.807) is 24.5 Å². The summed E-state index contributed by atoms with van der Waals surface area (Å²) in [6, 6.07) is 3.07. The van der Waals surface area contributed by atoms with Gasteiger partial charge in [-0.3, -0.25) is 4.98 Å². The summed E-state index contributed by atoms with van der Waals surface area (Å²) in [4.78, 5) is 8.18. The molecule has 2 aromatic heterocycles. The van der Waals surface area contributed by atoms with E-state index in [0.29, 0.717) is 22.0 Å². The molecule has 0 saturated carbocycles. The molecule has 6 heteroatoms. The lowest BCUT2D eigenvalue weighted by Crippen LogP contribution is -2.14. The number of nitrogens with two attached hydrogens (primary N) is 1. The second kappa shape index (κ2) is 4.63. The average molecular weight is 284 g/mol. The third-order valence-corrected chi connectivity index (χ3v) is 2.51. The highest BCUT2D eigenvalue weighted by Crippen LogP contribution is 2.26. The van der Waals surface area contributed by atoms with Crippen molar-refractivity contribution in [2.75, 3.05) is 7.11 Å². The summed E-state index contributed by atoms with van der Waals surface area (Å²) in [5.74, 6) is 1.01. The van der Waals surface area contributed by atoms with Crippen LogP contribution < -0.4 is 10.5 Å². The maximum absolute atomic E-state index is 6.01. The molecule has 1 unspecified atom stereocenters. The number of methoxy groups -OCH3 is 1. The Kier molecular flexibility index (Phi) is 3.21. The number of furan rings is 1. The highest BCUT2D eigenvalue weighted by atomic mass is 79.9. The lowest BCUT2D eigenvalue weighted by atomic mass is 10.2. The number of nitrogens with zero attached hydrogens (tertiary/aromatic N) is 2. The predicted octanol–water partition coefficient (Wildman–Crippen LogP) is 1.89. The second-order valence-electron chi connectivity index (χ2n) is 3.07. The third-order valence-electron chi connectivity index (χ3n) is 2.08. The maximum atomic E-state index is 6.01. The molecule has 2 rings (SSSR count). The van der Waals surface area contributed by atoms with Crippen molar-refractivity contribution >= 4 is 15.9 Å². The van der Waals surface area contributed by atoms with E-state index in [-0.39, 0.29) is 0 Å². The van der Waals surface area contributed by atoms with E-state index in [1.165, 1.54) is 7.11 Å². The molecule has 16 heavy (non-hydrogen) atoms. The molecule has 0 aromatic carbocycles. The van der Waals surface area contributed by atoms with E-state index in [0.717, 1.165) is 0 Å². The van der Waals surface area contributed by atoms with Gasteiger partial charge < -0.3 is 14.9 Å². The van der Waals surface area contributed by atoms with Crippen LogP contribution in [0.15, 0.2) is 33.6 Å². The highest BCUT2D eigenvalue weighted by molar-refractivity contribution is 9.10. The summed E-state index contributed by atoms with van der Waals surface area (Å²) in [6.07, 6.45) is 3.11. The Morgan fingerprint density at radius 2 is 2.12 bits per heavy atom. The van der Waals surface area contributed by atoms with Gasteiger partial charge in [-0.25, -0.2) is 4.98 Å². The number of hydrogen-bond donors (Lipinski definition) is 1. The van der Waals surface area contributed by atoms with Crippen molar-refractivity contribution in [3.8, 4) is 5.88 Å². The molecule has 0 spiro atoms. The van der Waals surface area contributed by atoms with Gasteiger partial charge in [0.1, 0.15) is 17.5 Å². The van der Waals surface area contributed by atoms with E-state index >= 15 is 0 Å². The highest BCUT2D eigenvalue weighted by Gasteiger charge is 2.19. The SMILES string of the molecule is COc1nccnc1C(N)c1ccc(Br)o1. The van der Waals surface area contributed by atoms with Gasteiger partial charge in [-0.2, -0.15) is 0 Å². The molecule has 5 nitrogen and oxygen atoms in total. The van der Waals surface area contributed by atoms with E-state index in [4.69, 9.17) is 14.9 Å². The van der Waals surface area contributed by atoms with Crippen molar-refractivity contribution in [3.63, 3.8) is 0 Å². The zero-order valence-electron chi connectivity index (χ0n) is 8.55. The minimum absolute atomic E-state index is 0.405. The van der Waals surface area contributed by atoms with E-state index in [9.17, 15) is 0 Å². The molecule has 2 N–H and O–H groups in total. The van der Waals surface area contributed by atoms with Crippen molar-refractivity contribution in [2.24, 2.45) is 5.73 Å². The van der Waals surface area contributed by atoms with E-state index in [2.05, 4.69) is 25.9 Å². The third kappa shape index (κ3) is 2.07. The normalized spacial score (nSPS) is 12.4. The molecule has 1 atom stereocenters. The Morgan fingerprint density at radius 3 is 2.75 bits per heavy atom. The van der Waals surface area contributed by atoms with Crippen LogP contribution in [0.2, 0.25) is 0 Å². The van der Waals surface area contributed by atoms with Gasteiger partial charge in [-0.1, -0.05) is 0 Å². The van der Waals surface area contributed by atoms with Crippen molar-refractivity contribution in [3.05, 3.63) is 40.7 Å². The van der Waals surface area contributed by atoms with Crippen LogP contribution in [0.3, 0.4) is 0 Å². The van der Waals surface area contributed by atoms with Crippen LogP contribution in [0.4, 0.5) is 0 Å². The molecule has 2 heterocycles. The van der Waals surface area contributed by atoms with Crippen molar-refractivity contribution in [1.29, 1.82) is 0 Å². The van der Waals surface area contributed by atoms with Gasteiger partial charge in [-0.15, -0.1) is 0 Å². The van der Waals surface area contributed by atoms with E-state index < -0.39 is 6.04 Å². The summed E-state index contributed by atoms with van der Waals surface area (Å²) < 4.78 is 11.1. The van der Waals surface area contributed by atoms with Gasteiger partial charge in [0.25, 0.3) is 0 Å². The fraction of sp³-hybridized carbons (Fsp3) is 0.200. The van der Waals surface area contributed by atoms with Gasteiger partial charge in [0.05, 0.1) is 7.11 Å². The summed E-state index contributed by atoms with van der Waals surface area (Å²) in [5.41, 5.74) is 6.56. The topological polar surface area (TPSA) is 74.2 Å². The molecule has 0 fully saturated rings. The molecule has 0 bridgehead atoms. The molecule has 0 aliphatic carbocycles. The predicted molar refractivity (Wildman–Crippen MR) is 61.0 cm³/mol. The molecule has 0 aliphatic heterocycles. The van der Waals surface area contributed by atoms with Crippen LogP contribution in [0.5, 0.6) is 5.88 Å². The van der Waals surface area contributed by atoms with E-state index in [1.807, 2.05) is 0 Å². The minimum atomic E-state index is -0.491. The van der Waals surface area contributed by atoms with Crippen LogP contribution in [0.25, 0.3) is 0 Å².